The maximum atomic E-state index is 11.2. The Kier molecular flexibility index (Phi) is 4.30. The maximum absolute atomic E-state index is 11.2. The average molecular weight is 262 g/mol. The van der Waals surface area contributed by atoms with Gasteiger partial charge in [-0.25, -0.2) is 4.79 Å². The first kappa shape index (κ1) is 13.7. The lowest BCUT2D eigenvalue weighted by Crippen LogP contribution is -2.21. The highest BCUT2D eigenvalue weighted by atomic mass is 16.4. The van der Waals surface area contributed by atoms with Crippen LogP contribution in [0.15, 0.2) is 18.2 Å². The van der Waals surface area contributed by atoms with Gasteiger partial charge in [-0.2, -0.15) is 0 Å². The quantitative estimate of drug-likeness (QED) is 0.728. The Morgan fingerprint density at radius 1 is 1.47 bits per heavy atom. The number of hydrogen-bond acceptors (Lipinski definition) is 3. The molecule has 0 saturated heterocycles. The SMILES string of the molecule is CC1CCCC(CNc2ccc(N)cc2C(=O)O)C1. The summed E-state index contributed by atoms with van der Waals surface area (Å²) in [7, 11) is 0. The molecule has 4 nitrogen and oxygen atoms in total. The van der Waals surface area contributed by atoms with E-state index in [0.717, 1.165) is 12.5 Å². The molecule has 0 amide bonds. The molecule has 4 N–H and O–H groups in total. The number of anilines is 2. The highest BCUT2D eigenvalue weighted by Gasteiger charge is 2.19. The van der Waals surface area contributed by atoms with Crippen molar-refractivity contribution >= 4 is 17.3 Å². The molecule has 1 saturated carbocycles. The van der Waals surface area contributed by atoms with E-state index in [9.17, 15) is 9.90 Å². The number of hydrogen-bond donors (Lipinski definition) is 3. The monoisotopic (exact) mass is 262 g/mol. The predicted octanol–water partition coefficient (Wildman–Crippen LogP) is 3.21. The van der Waals surface area contributed by atoms with Gasteiger partial charge >= 0.3 is 5.97 Å². The number of nitrogen functional groups attached to an aromatic ring is 1. The molecule has 104 valence electrons. The fraction of sp³-hybridized carbons (Fsp3) is 0.533. The molecule has 4 heteroatoms. The van der Waals surface area contributed by atoms with Crippen LogP contribution < -0.4 is 11.1 Å². The fourth-order valence-electron chi connectivity index (χ4n) is 2.89. The molecule has 19 heavy (non-hydrogen) atoms. The zero-order chi connectivity index (χ0) is 13.8. The lowest BCUT2D eigenvalue weighted by molar-refractivity contribution is 0.0698. The van der Waals surface area contributed by atoms with Gasteiger partial charge in [0.15, 0.2) is 0 Å². The van der Waals surface area contributed by atoms with Crippen LogP contribution >= 0.6 is 0 Å². The summed E-state index contributed by atoms with van der Waals surface area (Å²) in [5.74, 6) is 0.487. The summed E-state index contributed by atoms with van der Waals surface area (Å²) in [6.07, 6.45) is 5.05. The first-order chi connectivity index (χ1) is 9.06. The number of carbonyl (C=O) groups is 1. The van der Waals surface area contributed by atoms with Crippen LogP contribution in [0.5, 0.6) is 0 Å². The zero-order valence-corrected chi connectivity index (χ0v) is 11.4. The summed E-state index contributed by atoms with van der Waals surface area (Å²) in [6, 6.07) is 5.00. The highest BCUT2D eigenvalue weighted by molar-refractivity contribution is 5.95. The van der Waals surface area contributed by atoms with Gasteiger partial charge in [-0.15, -0.1) is 0 Å². The van der Waals surface area contributed by atoms with Crippen molar-refractivity contribution in [1.29, 1.82) is 0 Å². The van der Waals surface area contributed by atoms with E-state index in [2.05, 4.69) is 12.2 Å². The average Bonchev–Trinajstić information content (AvgIpc) is 2.37. The number of rotatable bonds is 4. The highest BCUT2D eigenvalue weighted by Crippen LogP contribution is 2.29. The van der Waals surface area contributed by atoms with E-state index in [1.54, 1.807) is 12.1 Å². The Bertz CT molecular complexity index is 459. The van der Waals surface area contributed by atoms with Crippen LogP contribution in [0.3, 0.4) is 0 Å². The Balaban J connectivity index is 2.01. The first-order valence-electron chi connectivity index (χ1n) is 6.93. The Morgan fingerprint density at radius 3 is 2.95 bits per heavy atom. The van der Waals surface area contributed by atoms with Gasteiger partial charge < -0.3 is 16.2 Å². The summed E-state index contributed by atoms with van der Waals surface area (Å²) < 4.78 is 0. The Labute approximate surface area is 114 Å². The van der Waals surface area contributed by atoms with Crippen LogP contribution in [-0.2, 0) is 0 Å². The molecule has 2 atom stereocenters. The minimum absolute atomic E-state index is 0.254. The summed E-state index contributed by atoms with van der Waals surface area (Å²) in [5, 5.41) is 12.4. The van der Waals surface area contributed by atoms with Gasteiger partial charge in [0.1, 0.15) is 0 Å². The van der Waals surface area contributed by atoms with E-state index in [1.807, 2.05) is 0 Å². The minimum atomic E-state index is -0.938. The topological polar surface area (TPSA) is 75.3 Å². The van der Waals surface area contributed by atoms with Gasteiger partial charge in [0.05, 0.1) is 5.56 Å². The third-order valence-corrected chi connectivity index (χ3v) is 3.90. The molecule has 1 fully saturated rings. The molecule has 0 heterocycles. The van der Waals surface area contributed by atoms with E-state index in [1.165, 1.54) is 31.7 Å². The van der Waals surface area contributed by atoms with Crippen molar-refractivity contribution < 1.29 is 9.90 Å². The number of benzene rings is 1. The van der Waals surface area contributed by atoms with Gasteiger partial charge in [-0.1, -0.05) is 19.8 Å². The van der Waals surface area contributed by atoms with Crippen molar-refractivity contribution in [2.45, 2.75) is 32.6 Å². The van der Waals surface area contributed by atoms with E-state index in [4.69, 9.17) is 5.73 Å². The van der Waals surface area contributed by atoms with Crippen molar-refractivity contribution in [3.63, 3.8) is 0 Å². The standard InChI is InChI=1S/C15H22N2O2/c1-10-3-2-4-11(7-10)9-17-14-6-5-12(16)8-13(14)15(18)19/h5-6,8,10-11,17H,2-4,7,9,16H2,1H3,(H,18,19). The lowest BCUT2D eigenvalue weighted by Gasteiger charge is -2.27. The number of carboxylic acids is 1. The molecule has 0 bridgehead atoms. The molecule has 2 rings (SSSR count). The second-order valence-electron chi connectivity index (χ2n) is 5.63. The molecule has 1 aliphatic carbocycles. The number of carboxylic acid groups (broad SMARTS) is 1. The van der Waals surface area contributed by atoms with Crippen LogP contribution in [0.2, 0.25) is 0 Å². The van der Waals surface area contributed by atoms with Crippen LogP contribution in [0.1, 0.15) is 43.0 Å². The smallest absolute Gasteiger partial charge is 0.337 e. The first-order valence-corrected chi connectivity index (χ1v) is 6.93. The second-order valence-corrected chi connectivity index (χ2v) is 5.63. The number of nitrogens with one attached hydrogen (secondary N) is 1. The van der Waals surface area contributed by atoms with Gasteiger partial charge in [0.2, 0.25) is 0 Å². The Hall–Kier alpha value is -1.71. The summed E-state index contributed by atoms with van der Waals surface area (Å²) >= 11 is 0. The van der Waals surface area contributed by atoms with Crippen LogP contribution in [0, 0.1) is 11.8 Å². The van der Waals surface area contributed by atoms with Crippen molar-refractivity contribution in [1.82, 2.24) is 0 Å². The predicted molar refractivity (Wildman–Crippen MR) is 77.4 cm³/mol. The molecule has 1 aliphatic rings. The molecule has 1 aromatic carbocycles. The molecule has 2 unspecified atom stereocenters. The third-order valence-electron chi connectivity index (χ3n) is 3.90. The normalized spacial score (nSPS) is 23.0. The lowest BCUT2D eigenvalue weighted by atomic mass is 9.82. The fourth-order valence-corrected chi connectivity index (χ4v) is 2.89. The van der Waals surface area contributed by atoms with E-state index < -0.39 is 5.97 Å². The molecule has 0 aliphatic heterocycles. The van der Waals surface area contributed by atoms with Gasteiger partial charge in [-0.3, -0.25) is 0 Å². The largest absolute Gasteiger partial charge is 0.478 e. The van der Waals surface area contributed by atoms with Crippen molar-refractivity contribution in [2.24, 2.45) is 11.8 Å². The number of nitrogens with two attached hydrogens (primary N) is 1. The molecular weight excluding hydrogens is 240 g/mol. The van der Waals surface area contributed by atoms with Crippen molar-refractivity contribution in [3.8, 4) is 0 Å². The van der Waals surface area contributed by atoms with Crippen LogP contribution in [0.4, 0.5) is 11.4 Å². The summed E-state index contributed by atoms with van der Waals surface area (Å²) in [6.45, 7) is 3.13. The van der Waals surface area contributed by atoms with Crippen molar-refractivity contribution in [3.05, 3.63) is 23.8 Å². The minimum Gasteiger partial charge on any atom is -0.478 e. The van der Waals surface area contributed by atoms with Crippen LogP contribution in [0.25, 0.3) is 0 Å². The van der Waals surface area contributed by atoms with E-state index in [0.29, 0.717) is 17.3 Å². The second kappa shape index (κ2) is 5.95. The van der Waals surface area contributed by atoms with Crippen LogP contribution in [-0.4, -0.2) is 17.6 Å². The third kappa shape index (κ3) is 3.63. The van der Waals surface area contributed by atoms with Crippen molar-refractivity contribution in [2.75, 3.05) is 17.6 Å². The maximum Gasteiger partial charge on any atom is 0.337 e. The molecule has 0 aromatic heterocycles. The molecule has 1 aromatic rings. The Morgan fingerprint density at radius 2 is 2.26 bits per heavy atom. The van der Waals surface area contributed by atoms with E-state index >= 15 is 0 Å². The molecule has 0 radical (unpaired) electrons. The summed E-state index contributed by atoms with van der Waals surface area (Å²) in [5.41, 5.74) is 7.03. The molecule has 0 spiro atoms. The van der Waals surface area contributed by atoms with E-state index in [-0.39, 0.29) is 5.56 Å². The van der Waals surface area contributed by atoms with Gasteiger partial charge in [0, 0.05) is 17.9 Å². The van der Waals surface area contributed by atoms with Gasteiger partial charge in [0.25, 0.3) is 0 Å². The number of aromatic carboxylic acids is 1. The zero-order valence-electron chi connectivity index (χ0n) is 11.4. The molecular formula is C15H22N2O2. The summed E-state index contributed by atoms with van der Waals surface area (Å²) in [4.78, 5) is 11.2. The van der Waals surface area contributed by atoms with Gasteiger partial charge in [-0.05, 0) is 42.9 Å².